The van der Waals surface area contributed by atoms with Gasteiger partial charge in [0.2, 0.25) is 0 Å². The zero-order valence-electron chi connectivity index (χ0n) is 11.4. The summed E-state index contributed by atoms with van der Waals surface area (Å²) < 4.78 is 5.79. The number of nitrogens with zero attached hydrogens (tertiary/aromatic N) is 1. The summed E-state index contributed by atoms with van der Waals surface area (Å²) in [6.07, 6.45) is 0. The molecule has 0 aliphatic carbocycles. The summed E-state index contributed by atoms with van der Waals surface area (Å²) in [7, 11) is 0. The molecule has 0 aliphatic rings. The lowest BCUT2D eigenvalue weighted by atomic mass is 10.1. The summed E-state index contributed by atoms with van der Waals surface area (Å²) in [5.41, 5.74) is 8.09. The lowest BCUT2D eigenvalue weighted by Crippen LogP contribution is -2.08. The van der Waals surface area contributed by atoms with Crippen molar-refractivity contribution in [2.24, 2.45) is 5.73 Å². The summed E-state index contributed by atoms with van der Waals surface area (Å²) in [5.74, 6) is 0.676. The first kappa shape index (κ1) is 15.7. The minimum Gasteiger partial charge on any atom is -0.489 e. The molecule has 0 radical (unpaired) electrons. The summed E-state index contributed by atoms with van der Waals surface area (Å²) in [6, 6.07) is 12.3. The Kier molecular flexibility index (Phi) is 5.08. The van der Waals surface area contributed by atoms with Crippen LogP contribution in [0.1, 0.15) is 29.7 Å². The fourth-order valence-corrected chi connectivity index (χ4v) is 2.31. The third-order valence-corrected chi connectivity index (χ3v) is 3.61. The number of hydrogen-bond donors (Lipinski definition) is 1. The van der Waals surface area contributed by atoms with E-state index in [1.165, 1.54) is 0 Å². The molecule has 2 aromatic carbocycles. The molecular weight excluding hydrogens is 307 g/mol. The van der Waals surface area contributed by atoms with Crippen molar-refractivity contribution in [2.45, 2.75) is 19.6 Å². The van der Waals surface area contributed by atoms with Gasteiger partial charge in [-0.05, 0) is 37.3 Å². The van der Waals surface area contributed by atoms with E-state index in [1.807, 2.05) is 13.0 Å². The molecule has 0 amide bonds. The van der Waals surface area contributed by atoms with Gasteiger partial charge in [-0.2, -0.15) is 5.26 Å². The highest BCUT2D eigenvalue weighted by atomic mass is 35.5. The third-order valence-electron chi connectivity index (χ3n) is 3.03. The van der Waals surface area contributed by atoms with E-state index < -0.39 is 0 Å². The van der Waals surface area contributed by atoms with E-state index in [-0.39, 0.29) is 6.04 Å². The summed E-state index contributed by atoms with van der Waals surface area (Å²) in [5, 5.41) is 9.94. The molecule has 3 nitrogen and oxygen atoms in total. The molecule has 0 unspecified atom stereocenters. The van der Waals surface area contributed by atoms with Crippen molar-refractivity contribution in [2.75, 3.05) is 0 Å². The van der Waals surface area contributed by atoms with E-state index >= 15 is 0 Å². The molecule has 0 spiro atoms. The fraction of sp³-hybridized carbons (Fsp3) is 0.188. The molecule has 21 heavy (non-hydrogen) atoms. The van der Waals surface area contributed by atoms with Gasteiger partial charge in [-0.25, -0.2) is 0 Å². The van der Waals surface area contributed by atoms with Gasteiger partial charge >= 0.3 is 0 Å². The van der Waals surface area contributed by atoms with Crippen molar-refractivity contribution >= 4 is 23.2 Å². The average Bonchev–Trinajstić information content (AvgIpc) is 2.46. The SMILES string of the molecule is C[C@H](N)c1cc(Cl)ccc1OCc1ccc(C#N)cc1Cl. The van der Waals surface area contributed by atoms with Gasteiger partial charge in [0.15, 0.2) is 0 Å². The van der Waals surface area contributed by atoms with Crippen LogP contribution in [0.3, 0.4) is 0 Å². The Morgan fingerprint density at radius 2 is 2.00 bits per heavy atom. The van der Waals surface area contributed by atoms with E-state index in [2.05, 4.69) is 0 Å². The molecular formula is C16H14Cl2N2O. The van der Waals surface area contributed by atoms with Crippen LogP contribution in [0, 0.1) is 11.3 Å². The van der Waals surface area contributed by atoms with E-state index in [4.69, 9.17) is 38.9 Å². The molecule has 0 aromatic heterocycles. The standard InChI is InChI=1S/C16H14Cl2N2O/c1-10(20)14-7-13(17)4-5-16(14)21-9-12-3-2-11(8-19)6-15(12)18/h2-7,10H,9,20H2,1H3/t10-/m0/s1. The van der Waals surface area contributed by atoms with E-state index in [0.29, 0.717) is 28.0 Å². The number of benzene rings is 2. The number of rotatable bonds is 4. The molecule has 2 N–H and O–H groups in total. The van der Waals surface area contributed by atoms with Crippen LogP contribution in [0.15, 0.2) is 36.4 Å². The largest absolute Gasteiger partial charge is 0.489 e. The molecule has 5 heteroatoms. The Bertz CT molecular complexity index is 693. The molecule has 0 heterocycles. The number of ether oxygens (including phenoxy) is 1. The van der Waals surface area contributed by atoms with Crippen molar-refractivity contribution in [3.8, 4) is 11.8 Å². The molecule has 0 aliphatic heterocycles. The minimum atomic E-state index is -0.185. The van der Waals surface area contributed by atoms with Gasteiger partial charge in [-0.1, -0.05) is 29.3 Å². The zero-order valence-corrected chi connectivity index (χ0v) is 12.9. The highest BCUT2D eigenvalue weighted by Gasteiger charge is 2.10. The van der Waals surface area contributed by atoms with E-state index in [1.54, 1.807) is 36.4 Å². The maximum Gasteiger partial charge on any atom is 0.124 e. The van der Waals surface area contributed by atoms with Crippen LogP contribution >= 0.6 is 23.2 Å². The van der Waals surface area contributed by atoms with Crippen LogP contribution in [0.2, 0.25) is 10.0 Å². The second-order valence-electron chi connectivity index (χ2n) is 4.68. The topological polar surface area (TPSA) is 59.0 Å². The normalized spacial score (nSPS) is 11.8. The van der Waals surface area contributed by atoms with Gasteiger partial charge in [0.25, 0.3) is 0 Å². The number of hydrogen-bond acceptors (Lipinski definition) is 3. The van der Waals surface area contributed by atoms with Crippen molar-refractivity contribution in [3.63, 3.8) is 0 Å². The number of nitriles is 1. The van der Waals surface area contributed by atoms with Crippen molar-refractivity contribution in [1.82, 2.24) is 0 Å². The minimum absolute atomic E-state index is 0.185. The van der Waals surface area contributed by atoms with Gasteiger partial charge in [0.05, 0.1) is 11.6 Å². The Hall–Kier alpha value is -1.73. The molecule has 0 fully saturated rings. The van der Waals surface area contributed by atoms with Crippen molar-refractivity contribution < 1.29 is 4.74 Å². The molecule has 0 saturated heterocycles. The van der Waals surface area contributed by atoms with Gasteiger partial charge in [-0.15, -0.1) is 0 Å². The number of nitrogens with two attached hydrogens (primary N) is 1. The summed E-state index contributed by atoms with van der Waals surface area (Å²) in [6.45, 7) is 2.17. The van der Waals surface area contributed by atoms with Crippen LogP contribution in [0.4, 0.5) is 0 Å². The Morgan fingerprint density at radius 3 is 2.62 bits per heavy atom. The van der Waals surface area contributed by atoms with Gasteiger partial charge in [0.1, 0.15) is 12.4 Å². The first-order chi connectivity index (χ1) is 10.0. The molecule has 108 valence electrons. The predicted molar refractivity (Wildman–Crippen MR) is 84.6 cm³/mol. The maximum absolute atomic E-state index is 8.82. The third kappa shape index (κ3) is 3.89. The van der Waals surface area contributed by atoms with Crippen LogP contribution in [0.25, 0.3) is 0 Å². The molecule has 0 bridgehead atoms. The first-order valence-electron chi connectivity index (χ1n) is 6.37. The van der Waals surface area contributed by atoms with Crippen LogP contribution in [-0.4, -0.2) is 0 Å². The number of halogens is 2. The zero-order chi connectivity index (χ0) is 15.4. The van der Waals surface area contributed by atoms with Gasteiger partial charge in [-0.3, -0.25) is 0 Å². The average molecular weight is 321 g/mol. The van der Waals surface area contributed by atoms with Crippen LogP contribution in [0.5, 0.6) is 5.75 Å². The van der Waals surface area contributed by atoms with Gasteiger partial charge < -0.3 is 10.5 Å². The summed E-state index contributed by atoms with van der Waals surface area (Å²) in [4.78, 5) is 0. The van der Waals surface area contributed by atoms with E-state index in [0.717, 1.165) is 11.1 Å². The smallest absolute Gasteiger partial charge is 0.124 e. The lowest BCUT2D eigenvalue weighted by molar-refractivity contribution is 0.301. The second-order valence-corrected chi connectivity index (χ2v) is 5.52. The first-order valence-corrected chi connectivity index (χ1v) is 7.13. The molecule has 1 atom stereocenters. The molecule has 2 rings (SSSR count). The van der Waals surface area contributed by atoms with Crippen molar-refractivity contribution in [1.29, 1.82) is 5.26 Å². The van der Waals surface area contributed by atoms with Crippen molar-refractivity contribution in [3.05, 3.63) is 63.1 Å². The Morgan fingerprint density at radius 1 is 1.24 bits per heavy atom. The second kappa shape index (κ2) is 6.82. The monoisotopic (exact) mass is 320 g/mol. The highest BCUT2D eigenvalue weighted by molar-refractivity contribution is 6.31. The highest BCUT2D eigenvalue weighted by Crippen LogP contribution is 2.28. The maximum atomic E-state index is 8.82. The Balaban J connectivity index is 2.19. The molecule has 0 saturated carbocycles. The van der Waals surface area contributed by atoms with Gasteiger partial charge in [0, 0.05) is 27.2 Å². The lowest BCUT2D eigenvalue weighted by Gasteiger charge is -2.15. The quantitative estimate of drug-likeness (QED) is 0.904. The van der Waals surface area contributed by atoms with E-state index in [9.17, 15) is 0 Å². The van der Waals surface area contributed by atoms with Crippen LogP contribution in [-0.2, 0) is 6.61 Å². The summed E-state index contributed by atoms with van der Waals surface area (Å²) >= 11 is 12.1. The fourth-order valence-electron chi connectivity index (χ4n) is 1.90. The predicted octanol–water partition coefficient (Wildman–Crippen LogP) is 4.46. The molecule has 2 aromatic rings. The Labute approximate surface area is 133 Å². The van der Waals surface area contributed by atoms with Crippen LogP contribution < -0.4 is 10.5 Å².